The highest BCUT2D eigenvalue weighted by Crippen LogP contribution is 2.30. The predicted octanol–water partition coefficient (Wildman–Crippen LogP) is 3.48. The van der Waals surface area contributed by atoms with Gasteiger partial charge in [0.15, 0.2) is 0 Å². The average Bonchev–Trinajstić information content (AvgIpc) is 2.40. The molecule has 1 aliphatic heterocycles. The van der Waals surface area contributed by atoms with Crippen LogP contribution in [0.4, 0.5) is 4.39 Å². The molecule has 5 heteroatoms. The predicted molar refractivity (Wildman–Crippen MR) is 71.8 cm³/mol. The third-order valence-electron chi connectivity index (χ3n) is 3.53. The van der Waals surface area contributed by atoms with Crippen molar-refractivity contribution in [3.8, 4) is 0 Å². The lowest BCUT2D eigenvalue weighted by molar-refractivity contribution is -0.138. The highest BCUT2D eigenvalue weighted by Gasteiger charge is 2.25. The first-order valence-electron chi connectivity index (χ1n) is 6.48. The van der Waals surface area contributed by atoms with Gasteiger partial charge in [-0.15, -0.1) is 0 Å². The SMILES string of the molecule is O=C(O)CC(c1ccc(F)c(Cl)c1)N1CCCCC1. The van der Waals surface area contributed by atoms with Gasteiger partial charge in [0.05, 0.1) is 11.4 Å². The van der Waals surface area contributed by atoms with Crippen LogP contribution in [0.3, 0.4) is 0 Å². The maximum Gasteiger partial charge on any atom is 0.305 e. The van der Waals surface area contributed by atoms with Gasteiger partial charge < -0.3 is 5.11 Å². The molecule has 0 radical (unpaired) electrons. The van der Waals surface area contributed by atoms with Gasteiger partial charge in [-0.2, -0.15) is 0 Å². The molecule has 1 unspecified atom stereocenters. The van der Waals surface area contributed by atoms with Gasteiger partial charge in [0, 0.05) is 6.04 Å². The molecule has 1 fully saturated rings. The van der Waals surface area contributed by atoms with Gasteiger partial charge in [0.2, 0.25) is 0 Å². The molecular weight excluding hydrogens is 269 g/mol. The fraction of sp³-hybridized carbons (Fsp3) is 0.500. The minimum absolute atomic E-state index is 0.0158. The van der Waals surface area contributed by atoms with Crippen LogP contribution >= 0.6 is 11.6 Å². The molecule has 3 nitrogen and oxygen atoms in total. The van der Waals surface area contributed by atoms with Crippen LogP contribution in [0.15, 0.2) is 18.2 Å². The second-order valence-electron chi connectivity index (χ2n) is 4.88. The smallest absolute Gasteiger partial charge is 0.305 e. The Hall–Kier alpha value is -1.13. The van der Waals surface area contributed by atoms with Gasteiger partial charge in [0.1, 0.15) is 5.82 Å². The van der Waals surface area contributed by atoms with Crippen LogP contribution in [0.1, 0.15) is 37.3 Å². The Morgan fingerprint density at radius 2 is 2.05 bits per heavy atom. The van der Waals surface area contributed by atoms with Crippen molar-refractivity contribution in [1.82, 2.24) is 4.90 Å². The first-order chi connectivity index (χ1) is 9.08. The second kappa shape index (κ2) is 6.35. The minimum Gasteiger partial charge on any atom is -0.481 e. The third kappa shape index (κ3) is 3.67. The van der Waals surface area contributed by atoms with Crippen LogP contribution in [-0.4, -0.2) is 29.1 Å². The molecule has 1 aliphatic rings. The second-order valence-corrected chi connectivity index (χ2v) is 5.29. The van der Waals surface area contributed by atoms with Gasteiger partial charge >= 0.3 is 5.97 Å². The summed E-state index contributed by atoms with van der Waals surface area (Å²) in [5.74, 6) is -1.32. The number of carboxylic acid groups (broad SMARTS) is 1. The van der Waals surface area contributed by atoms with Crippen molar-refractivity contribution in [2.24, 2.45) is 0 Å². The van der Waals surface area contributed by atoms with E-state index < -0.39 is 11.8 Å². The van der Waals surface area contributed by atoms with E-state index >= 15 is 0 Å². The van der Waals surface area contributed by atoms with E-state index in [2.05, 4.69) is 4.90 Å². The van der Waals surface area contributed by atoms with Gasteiger partial charge in [-0.3, -0.25) is 9.69 Å². The number of hydrogen-bond donors (Lipinski definition) is 1. The molecule has 19 heavy (non-hydrogen) atoms. The number of carboxylic acids is 1. The molecule has 1 saturated heterocycles. The minimum atomic E-state index is -0.851. The highest BCUT2D eigenvalue weighted by molar-refractivity contribution is 6.30. The van der Waals surface area contributed by atoms with E-state index in [0.29, 0.717) is 0 Å². The van der Waals surface area contributed by atoms with Crippen molar-refractivity contribution in [2.75, 3.05) is 13.1 Å². The Morgan fingerprint density at radius 3 is 2.63 bits per heavy atom. The van der Waals surface area contributed by atoms with Crippen molar-refractivity contribution >= 4 is 17.6 Å². The molecule has 1 atom stereocenters. The summed E-state index contributed by atoms with van der Waals surface area (Å²) in [6.45, 7) is 1.76. The van der Waals surface area contributed by atoms with Crippen LogP contribution in [0, 0.1) is 5.82 Å². The Morgan fingerprint density at radius 1 is 1.37 bits per heavy atom. The molecule has 0 aliphatic carbocycles. The van der Waals surface area contributed by atoms with Crippen LogP contribution in [0.2, 0.25) is 5.02 Å². The van der Waals surface area contributed by atoms with Crippen LogP contribution in [0.5, 0.6) is 0 Å². The number of rotatable bonds is 4. The molecule has 1 N–H and O–H groups in total. The Balaban J connectivity index is 2.24. The molecular formula is C14H17ClFNO2. The summed E-state index contributed by atoms with van der Waals surface area (Å²) in [7, 11) is 0. The summed E-state index contributed by atoms with van der Waals surface area (Å²) in [6, 6.07) is 4.25. The summed E-state index contributed by atoms with van der Waals surface area (Å²) < 4.78 is 13.2. The summed E-state index contributed by atoms with van der Waals surface area (Å²) in [5, 5.41) is 9.11. The largest absolute Gasteiger partial charge is 0.481 e. The van der Waals surface area contributed by atoms with Crippen molar-refractivity contribution in [3.63, 3.8) is 0 Å². The first-order valence-corrected chi connectivity index (χ1v) is 6.86. The standard InChI is InChI=1S/C14H17ClFNO2/c15-11-8-10(4-5-12(11)16)13(9-14(18)19)17-6-2-1-3-7-17/h4-5,8,13H,1-3,6-7,9H2,(H,18,19). The topological polar surface area (TPSA) is 40.5 Å². The number of piperidine rings is 1. The van der Waals surface area contributed by atoms with Crippen molar-refractivity contribution in [3.05, 3.63) is 34.6 Å². The Bertz CT molecular complexity index is 461. The monoisotopic (exact) mass is 285 g/mol. The number of nitrogens with zero attached hydrogens (tertiary/aromatic N) is 1. The summed E-state index contributed by atoms with van der Waals surface area (Å²) in [4.78, 5) is 13.2. The van der Waals surface area contributed by atoms with Crippen LogP contribution < -0.4 is 0 Å². The molecule has 0 spiro atoms. The number of hydrogen-bond acceptors (Lipinski definition) is 2. The fourth-order valence-corrected chi connectivity index (χ4v) is 2.76. The van der Waals surface area contributed by atoms with E-state index in [-0.39, 0.29) is 17.5 Å². The Kier molecular flexibility index (Phi) is 4.77. The fourth-order valence-electron chi connectivity index (χ4n) is 2.57. The first kappa shape index (κ1) is 14.3. The highest BCUT2D eigenvalue weighted by atomic mass is 35.5. The van der Waals surface area contributed by atoms with Gasteiger partial charge in [0.25, 0.3) is 0 Å². The van der Waals surface area contributed by atoms with Gasteiger partial charge in [-0.05, 0) is 43.6 Å². The number of halogens is 2. The van der Waals surface area contributed by atoms with E-state index in [1.807, 2.05) is 0 Å². The molecule has 1 aromatic rings. The molecule has 1 heterocycles. The van der Waals surface area contributed by atoms with Crippen molar-refractivity contribution in [1.29, 1.82) is 0 Å². The molecule has 1 aromatic carbocycles. The van der Waals surface area contributed by atoms with Crippen LogP contribution in [0.25, 0.3) is 0 Å². The lowest BCUT2D eigenvalue weighted by Crippen LogP contribution is -2.35. The zero-order valence-corrected chi connectivity index (χ0v) is 11.4. The van der Waals surface area contributed by atoms with Crippen LogP contribution in [-0.2, 0) is 4.79 Å². The quantitative estimate of drug-likeness (QED) is 0.921. The van der Waals surface area contributed by atoms with Gasteiger partial charge in [-0.25, -0.2) is 4.39 Å². The molecule has 0 aromatic heterocycles. The maximum absolute atomic E-state index is 13.2. The number of benzene rings is 1. The number of carbonyl (C=O) groups is 1. The molecule has 0 bridgehead atoms. The zero-order chi connectivity index (χ0) is 13.8. The molecule has 0 saturated carbocycles. The normalized spacial score (nSPS) is 18.2. The lowest BCUT2D eigenvalue weighted by atomic mass is 9.99. The summed E-state index contributed by atoms with van der Waals surface area (Å²) in [6.07, 6.45) is 3.35. The number of likely N-dealkylation sites (tertiary alicyclic amines) is 1. The maximum atomic E-state index is 13.2. The zero-order valence-electron chi connectivity index (χ0n) is 10.6. The van der Waals surface area contributed by atoms with Crippen molar-refractivity contribution < 1.29 is 14.3 Å². The molecule has 2 rings (SSSR count). The average molecular weight is 286 g/mol. The molecule has 0 amide bonds. The van der Waals surface area contributed by atoms with Gasteiger partial charge in [-0.1, -0.05) is 24.1 Å². The summed E-state index contributed by atoms with van der Waals surface area (Å²) >= 11 is 5.79. The van der Waals surface area contributed by atoms with E-state index in [1.165, 1.54) is 12.5 Å². The third-order valence-corrected chi connectivity index (χ3v) is 3.82. The van der Waals surface area contributed by atoms with E-state index in [9.17, 15) is 9.18 Å². The van der Waals surface area contributed by atoms with E-state index in [1.54, 1.807) is 12.1 Å². The lowest BCUT2D eigenvalue weighted by Gasteiger charge is -2.34. The van der Waals surface area contributed by atoms with Crippen molar-refractivity contribution in [2.45, 2.75) is 31.7 Å². The Labute approximate surface area is 117 Å². The number of aliphatic carboxylic acids is 1. The van der Waals surface area contributed by atoms with E-state index in [4.69, 9.17) is 16.7 Å². The molecule has 104 valence electrons. The van der Waals surface area contributed by atoms with E-state index in [0.717, 1.165) is 31.5 Å². The summed E-state index contributed by atoms with van der Waals surface area (Å²) in [5.41, 5.74) is 0.774.